The lowest BCUT2D eigenvalue weighted by atomic mass is 9.87. The van der Waals surface area contributed by atoms with Crippen LogP contribution in [-0.2, 0) is 12.8 Å². The molecule has 0 radical (unpaired) electrons. The van der Waals surface area contributed by atoms with E-state index in [9.17, 15) is 0 Å². The van der Waals surface area contributed by atoms with Gasteiger partial charge in [0.05, 0.1) is 6.67 Å². The zero-order chi connectivity index (χ0) is 17.1. The SMILES string of the molecule is C=C(C)CSc1nnc2n1-c1sc3c(c1C1NCNN21)CC[C@H](C)C3. The number of thiophene rings is 1. The van der Waals surface area contributed by atoms with E-state index >= 15 is 0 Å². The lowest BCUT2D eigenvalue weighted by Gasteiger charge is -2.31. The minimum absolute atomic E-state index is 0.166. The van der Waals surface area contributed by atoms with Crippen molar-refractivity contribution < 1.29 is 0 Å². The normalized spacial score (nSPS) is 23.8. The smallest absolute Gasteiger partial charge is 0.249 e. The summed E-state index contributed by atoms with van der Waals surface area (Å²) in [5.41, 5.74) is 7.55. The zero-order valence-electron chi connectivity index (χ0n) is 14.5. The molecule has 0 aromatic carbocycles. The highest BCUT2D eigenvalue weighted by molar-refractivity contribution is 7.99. The summed E-state index contributed by atoms with van der Waals surface area (Å²) in [7, 11) is 0. The second-order valence-electron chi connectivity index (χ2n) is 7.25. The number of nitrogens with one attached hydrogen (secondary N) is 2. The van der Waals surface area contributed by atoms with Gasteiger partial charge in [-0.15, -0.1) is 21.5 Å². The van der Waals surface area contributed by atoms with Crippen LogP contribution in [0, 0.1) is 5.92 Å². The Hall–Kier alpha value is -1.35. The van der Waals surface area contributed by atoms with Crippen LogP contribution in [0.5, 0.6) is 0 Å². The van der Waals surface area contributed by atoms with Crippen LogP contribution in [-0.4, -0.2) is 27.2 Å². The quantitative estimate of drug-likeness (QED) is 0.636. The van der Waals surface area contributed by atoms with Crippen molar-refractivity contribution >= 4 is 29.0 Å². The minimum Gasteiger partial charge on any atom is -0.278 e. The van der Waals surface area contributed by atoms with Gasteiger partial charge in [0.25, 0.3) is 0 Å². The summed E-state index contributed by atoms with van der Waals surface area (Å²) in [6.07, 6.45) is 3.82. The maximum Gasteiger partial charge on any atom is 0.249 e. The van der Waals surface area contributed by atoms with Crippen molar-refractivity contribution in [3.63, 3.8) is 0 Å². The third kappa shape index (κ3) is 2.38. The van der Waals surface area contributed by atoms with E-state index in [0.717, 1.165) is 35.0 Å². The predicted octanol–water partition coefficient (Wildman–Crippen LogP) is 3.01. The molecule has 2 N–H and O–H groups in total. The summed E-state index contributed by atoms with van der Waals surface area (Å²) in [6.45, 7) is 9.19. The highest BCUT2D eigenvalue weighted by atomic mass is 32.2. The summed E-state index contributed by atoms with van der Waals surface area (Å²) >= 11 is 3.65. The van der Waals surface area contributed by atoms with Gasteiger partial charge in [-0.3, -0.25) is 10.3 Å². The summed E-state index contributed by atoms with van der Waals surface area (Å²) in [4.78, 5) is 1.55. The molecule has 25 heavy (non-hydrogen) atoms. The van der Waals surface area contributed by atoms with Gasteiger partial charge in [-0.25, -0.2) is 9.99 Å². The Kier molecular flexibility index (Phi) is 3.70. The van der Waals surface area contributed by atoms with Crippen molar-refractivity contribution in [2.75, 3.05) is 17.4 Å². The molecule has 132 valence electrons. The highest BCUT2D eigenvalue weighted by Gasteiger charge is 2.42. The first-order valence-corrected chi connectivity index (χ1v) is 10.6. The molecule has 1 aliphatic carbocycles. The fourth-order valence-corrected chi connectivity index (χ4v) is 6.29. The maximum atomic E-state index is 4.49. The van der Waals surface area contributed by atoms with E-state index in [1.54, 1.807) is 22.2 Å². The number of thioether (sulfide) groups is 1. The number of hydrogen-bond acceptors (Lipinski definition) is 7. The molecule has 0 spiro atoms. The van der Waals surface area contributed by atoms with Crippen molar-refractivity contribution in [3.8, 4) is 5.00 Å². The van der Waals surface area contributed by atoms with Gasteiger partial charge >= 0.3 is 0 Å². The molecule has 1 fully saturated rings. The molecule has 0 bridgehead atoms. The molecule has 0 saturated carbocycles. The van der Waals surface area contributed by atoms with Crippen LogP contribution in [0.25, 0.3) is 5.00 Å². The van der Waals surface area contributed by atoms with E-state index in [0.29, 0.717) is 0 Å². The molecule has 3 aliphatic rings. The molecule has 8 heteroatoms. The molecule has 4 heterocycles. The largest absolute Gasteiger partial charge is 0.278 e. The number of rotatable bonds is 3. The Bertz CT molecular complexity index is 854. The third-order valence-corrected chi connectivity index (χ3v) is 7.51. The van der Waals surface area contributed by atoms with Gasteiger partial charge in [-0.1, -0.05) is 30.8 Å². The van der Waals surface area contributed by atoms with E-state index < -0.39 is 0 Å². The summed E-state index contributed by atoms with van der Waals surface area (Å²) < 4.78 is 2.24. The lowest BCUT2D eigenvalue weighted by molar-refractivity contribution is 0.499. The zero-order valence-corrected chi connectivity index (χ0v) is 16.1. The second-order valence-corrected chi connectivity index (χ2v) is 9.27. The van der Waals surface area contributed by atoms with Crippen molar-refractivity contribution in [2.45, 2.75) is 44.4 Å². The Morgan fingerprint density at radius 3 is 3.16 bits per heavy atom. The molecule has 2 aromatic rings. The van der Waals surface area contributed by atoms with Crippen molar-refractivity contribution in [3.05, 3.63) is 28.2 Å². The number of hydrazine groups is 1. The van der Waals surface area contributed by atoms with E-state index in [1.165, 1.54) is 29.8 Å². The van der Waals surface area contributed by atoms with Gasteiger partial charge in [0.15, 0.2) is 5.16 Å². The number of fused-ring (bicyclic) bond motifs is 8. The van der Waals surface area contributed by atoms with E-state index in [-0.39, 0.29) is 6.17 Å². The van der Waals surface area contributed by atoms with Crippen molar-refractivity contribution in [1.82, 2.24) is 25.5 Å². The van der Waals surface area contributed by atoms with Gasteiger partial charge in [0.2, 0.25) is 5.95 Å². The van der Waals surface area contributed by atoms with E-state index in [4.69, 9.17) is 0 Å². The molecule has 1 unspecified atom stereocenters. The topological polar surface area (TPSA) is 58.0 Å². The standard InChI is InChI=1S/C17H22N6S2/c1-9(2)7-24-17-21-20-16-22(17)15-13(14-18-8-19-23(14)16)11-5-4-10(3)6-12(11)25-15/h10,14,18-19H,1,4-8H2,2-3H3/t10-,14?/m0/s1. The highest BCUT2D eigenvalue weighted by Crippen LogP contribution is 2.48. The van der Waals surface area contributed by atoms with Crippen molar-refractivity contribution in [2.24, 2.45) is 5.92 Å². The number of nitrogens with zero attached hydrogens (tertiary/aromatic N) is 4. The molecule has 6 nitrogen and oxygen atoms in total. The van der Waals surface area contributed by atoms with Crippen LogP contribution >= 0.6 is 23.1 Å². The Morgan fingerprint density at radius 2 is 2.32 bits per heavy atom. The van der Waals surface area contributed by atoms with Crippen LogP contribution < -0.4 is 15.8 Å². The first kappa shape index (κ1) is 15.9. The van der Waals surface area contributed by atoms with Crippen LogP contribution in [0.1, 0.15) is 42.4 Å². The number of hydrogen-bond donors (Lipinski definition) is 2. The van der Waals surface area contributed by atoms with Crippen molar-refractivity contribution in [1.29, 1.82) is 0 Å². The number of anilines is 1. The summed E-state index contributed by atoms with van der Waals surface area (Å²) in [5.74, 6) is 2.53. The average molecular weight is 375 g/mol. The number of aromatic nitrogens is 3. The van der Waals surface area contributed by atoms with Crippen LogP contribution in [0.3, 0.4) is 0 Å². The monoisotopic (exact) mass is 374 g/mol. The second kappa shape index (κ2) is 5.84. The Morgan fingerprint density at radius 1 is 1.44 bits per heavy atom. The predicted molar refractivity (Wildman–Crippen MR) is 102 cm³/mol. The fraction of sp³-hybridized carbons (Fsp3) is 0.529. The summed E-state index contributed by atoms with van der Waals surface area (Å²) in [5, 5.41) is 17.0. The average Bonchev–Trinajstić information content (AvgIpc) is 3.27. The van der Waals surface area contributed by atoms with Crippen LogP contribution in [0.15, 0.2) is 17.3 Å². The van der Waals surface area contributed by atoms with E-state index in [1.807, 2.05) is 11.3 Å². The molecule has 0 amide bonds. The maximum absolute atomic E-state index is 4.49. The summed E-state index contributed by atoms with van der Waals surface area (Å²) in [6, 6.07) is 0. The first-order valence-electron chi connectivity index (χ1n) is 8.77. The van der Waals surface area contributed by atoms with Gasteiger partial charge in [-0.2, -0.15) is 0 Å². The molecule has 2 aromatic heterocycles. The molecule has 2 atom stereocenters. The first-order chi connectivity index (χ1) is 12.1. The fourth-order valence-electron chi connectivity index (χ4n) is 3.91. The Labute approximate surface area is 155 Å². The van der Waals surface area contributed by atoms with Gasteiger partial charge in [0.1, 0.15) is 11.2 Å². The molecule has 2 aliphatic heterocycles. The van der Waals surface area contributed by atoms with E-state index in [2.05, 4.69) is 50.9 Å². The Balaban J connectivity index is 1.67. The van der Waals surface area contributed by atoms with Gasteiger partial charge in [-0.05, 0) is 37.7 Å². The van der Waals surface area contributed by atoms with Gasteiger partial charge < -0.3 is 0 Å². The molecule has 5 rings (SSSR count). The van der Waals surface area contributed by atoms with Gasteiger partial charge in [0, 0.05) is 16.2 Å². The van der Waals surface area contributed by atoms with Crippen LogP contribution in [0.2, 0.25) is 0 Å². The molecular weight excluding hydrogens is 352 g/mol. The minimum atomic E-state index is 0.166. The van der Waals surface area contributed by atoms with Crippen LogP contribution in [0.4, 0.5) is 5.95 Å². The molecular formula is C17H22N6S2. The third-order valence-electron chi connectivity index (χ3n) is 5.09. The lowest BCUT2D eigenvalue weighted by Crippen LogP contribution is -2.39. The molecule has 1 saturated heterocycles.